The molecule has 0 bridgehead atoms. The number of nitro groups is 1. The summed E-state index contributed by atoms with van der Waals surface area (Å²) in [6.07, 6.45) is 3.00. The van der Waals surface area contributed by atoms with Crippen LogP contribution in [0.15, 0.2) is 71.0 Å². The molecule has 0 saturated heterocycles. The van der Waals surface area contributed by atoms with E-state index in [1.807, 2.05) is 18.2 Å². The number of hydrogen-bond acceptors (Lipinski definition) is 5. The minimum Gasteiger partial charge on any atom is -0.428 e. The summed E-state index contributed by atoms with van der Waals surface area (Å²) in [5, 5.41) is 29.9. The smallest absolute Gasteiger partial charge is 0.269 e. The Hall–Kier alpha value is -3.48. The minimum absolute atomic E-state index is 0.0284. The second kappa shape index (κ2) is 6.10. The third kappa shape index (κ3) is 3.08. The number of benzene rings is 2. The minimum atomic E-state index is -0.453. The van der Waals surface area contributed by atoms with E-state index in [1.54, 1.807) is 24.3 Å². The number of hydrogen-bond donors (Lipinski definition) is 1. The van der Waals surface area contributed by atoms with Crippen molar-refractivity contribution in [3.8, 4) is 0 Å². The second-order valence-corrected chi connectivity index (χ2v) is 4.76. The molecular weight excluding hydrogens is 296 g/mol. The lowest BCUT2D eigenvalue weighted by molar-refractivity contribution is -0.384. The number of para-hydroxylation sites is 1. The van der Waals surface area contributed by atoms with Gasteiger partial charge in [-0.25, -0.2) is 0 Å². The molecule has 0 aliphatic heterocycles. The Morgan fingerprint density at radius 2 is 1.83 bits per heavy atom. The summed E-state index contributed by atoms with van der Waals surface area (Å²) in [6.45, 7) is 0. The highest BCUT2D eigenvalue weighted by Crippen LogP contribution is 2.10. The molecule has 0 atom stereocenters. The lowest BCUT2D eigenvalue weighted by atomic mass is 10.2. The van der Waals surface area contributed by atoms with Gasteiger partial charge in [-0.2, -0.15) is 14.9 Å². The molecule has 0 aliphatic carbocycles. The Kier molecular flexibility index (Phi) is 3.84. The first-order valence-corrected chi connectivity index (χ1v) is 6.76. The van der Waals surface area contributed by atoms with Crippen LogP contribution in [-0.2, 0) is 0 Å². The lowest BCUT2D eigenvalue weighted by Crippen LogP contribution is -2.07. The van der Waals surface area contributed by atoms with Gasteiger partial charge in [0.05, 0.1) is 22.0 Å². The van der Waals surface area contributed by atoms with Crippen molar-refractivity contribution < 1.29 is 10.1 Å². The van der Waals surface area contributed by atoms with Gasteiger partial charge < -0.3 is 5.21 Å². The van der Waals surface area contributed by atoms with E-state index in [4.69, 9.17) is 0 Å². The molecule has 0 spiro atoms. The zero-order valence-electron chi connectivity index (χ0n) is 11.9. The molecule has 3 rings (SSSR count). The van der Waals surface area contributed by atoms with Crippen molar-refractivity contribution in [1.82, 2.24) is 4.73 Å². The van der Waals surface area contributed by atoms with E-state index in [0.717, 1.165) is 10.1 Å². The first-order valence-electron chi connectivity index (χ1n) is 6.76. The maximum Gasteiger partial charge on any atom is 0.269 e. The molecule has 114 valence electrons. The van der Waals surface area contributed by atoms with E-state index in [2.05, 4.69) is 10.2 Å². The van der Waals surface area contributed by atoms with Crippen LogP contribution >= 0.6 is 0 Å². The zero-order chi connectivity index (χ0) is 16.2. The summed E-state index contributed by atoms with van der Waals surface area (Å²) in [5.41, 5.74) is 1.36. The van der Waals surface area contributed by atoms with E-state index < -0.39 is 4.92 Å². The molecule has 7 nitrogen and oxygen atoms in total. The zero-order valence-corrected chi connectivity index (χ0v) is 11.9. The van der Waals surface area contributed by atoms with Crippen molar-refractivity contribution in [2.24, 2.45) is 10.2 Å². The van der Waals surface area contributed by atoms with E-state index in [0.29, 0.717) is 16.4 Å². The van der Waals surface area contributed by atoms with Crippen molar-refractivity contribution in [2.45, 2.75) is 0 Å². The number of rotatable bonds is 3. The third-order valence-corrected chi connectivity index (χ3v) is 3.28. The van der Waals surface area contributed by atoms with Gasteiger partial charge in [0, 0.05) is 23.7 Å². The summed E-state index contributed by atoms with van der Waals surface area (Å²) in [4.78, 5) is 10.1. The first-order chi connectivity index (χ1) is 11.1. The van der Waals surface area contributed by atoms with Gasteiger partial charge in [0.1, 0.15) is 0 Å². The Bertz CT molecular complexity index is 959. The van der Waals surface area contributed by atoms with Gasteiger partial charge in [-0.05, 0) is 29.8 Å². The Morgan fingerprint density at radius 3 is 2.57 bits per heavy atom. The van der Waals surface area contributed by atoms with Gasteiger partial charge >= 0.3 is 0 Å². The number of non-ortho nitro benzene ring substituents is 1. The van der Waals surface area contributed by atoms with Gasteiger partial charge in [-0.15, -0.1) is 0 Å². The van der Waals surface area contributed by atoms with Gasteiger partial charge in [0.2, 0.25) is 0 Å². The van der Waals surface area contributed by atoms with Crippen molar-refractivity contribution in [1.29, 1.82) is 0 Å². The maximum atomic E-state index is 10.6. The Labute approximate surface area is 130 Å². The number of fused-ring (bicyclic) bond motifs is 1. The Morgan fingerprint density at radius 1 is 1.09 bits per heavy atom. The molecule has 1 aromatic heterocycles. The fraction of sp³-hybridized carbons (Fsp3) is 0. The first kappa shape index (κ1) is 14.5. The van der Waals surface area contributed by atoms with E-state index >= 15 is 0 Å². The molecule has 2 aromatic carbocycles. The van der Waals surface area contributed by atoms with E-state index in [-0.39, 0.29) is 5.69 Å². The van der Waals surface area contributed by atoms with Crippen LogP contribution < -0.4 is 5.36 Å². The van der Waals surface area contributed by atoms with Gasteiger partial charge in [0.25, 0.3) is 5.69 Å². The molecule has 1 heterocycles. The normalized spacial score (nSPS) is 12.1. The molecule has 1 N–H and O–H groups in total. The predicted octanol–water partition coefficient (Wildman–Crippen LogP) is 2.72. The average Bonchev–Trinajstić information content (AvgIpc) is 2.58. The van der Waals surface area contributed by atoms with Gasteiger partial charge in [-0.3, -0.25) is 10.1 Å². The number of aromatic nitrogens is 1. The summed E-state index contributed by atoms with van der Waals surface area (Å²) in [7, 11) is 0. The van der Waals surface area contributed by atoms with Gasteiger partial charge in [-0.1, -0.05) is 18.2 Å². The highest BCUT2D eigenvalue weighted by Gasteiger charge is 2.02. The monoisotopic (exact) mass is 308 g/mol. The topological polar surface area (TPSA) is 93.0 Å². The molecular formula is C16H12N4O3. The lowest BCUT2D eigenvalue weighted by Gasteiger charge is -2.02. The van der Waals surface area contributed by atoms with Crippen molar-refractivity contribution in [3.05, 3.63) is 81.8 Å². The second-order valence-electron chi connectivity index (χ2n) is 4.76. The fourth-order valence-electron chi connectivity index (χ4n) is 2.13. The van der Waals surface area contributed by atoms with Crippen LogP contribution in [0.1, 0.15) is 5.56 Å². The SMILES string of the molecule is O=[N+]([O-])c1ccc(/C=N\N=c2ccn(O)c3ccccc23)cc1. The summed E-state index contributed by atoms with van der Waals surface area (Å²) in [6, 6.07) is 14.9. The van der Waals surface area contributed by atoms with Crippen LogP contribution in [0, 0.1) is 10.1 Å². The maximum absolute atomic E-state index is 10.6. The van der Waals surface area contributed by atoms with Crippen molar-refractivity contribution in [3.63, 3.8) is 0 Å². The fourth-order valence-corrected chi connectivity index (χ4v) is 2.13. The van der Waals surface area contributed by atoms with Gasteiger partial charge in [0.15, 0.2) is 0 Å². The molecule has 0 saturated carbocycles. The Balaban J connectivity index is 1.94. The summed E-state index contributed by atoms with van der Waals surface area (Å²) in [5.74, 6) is 0. The highest BCUT2D eigenvalue weighted by molar-refractivity contribution is 5.80. The van der Waals surface area contributed by atoms with Crippen LogP contribution in [0.4, 0.5) is 5.69 Å². The van der Waals surface area contributed by atoms with Crippen LogP contribution in [-0.4, -0.2) is 21.1 Å². The standard InChI is InChI=1S/C16H12N4O3/c21-19-10-9-15(14-3-1-2-4-16(14)19)18-17-11-12-5-7-13(8-6-12)20(22)23/h1-11,21H/b17-11-,18-15?. The molecule has 0 aliphatic rings. The van der Waals surface area contributed by atoms with Crippen LogP contribution in [0.5, 0.6) is 0 Å². The van der Waals surface area contributed by atoms with Crippen LogP contribution in [0.3, 0.4) is 0 Å². The molecule has 0 amide bonds. The third-order valence-electron chi connectivity index (χ3n) is 3.28. The quantitative estimate of drug-likeness (QED) is 0.349. The molecule has 0 fully saturated rings. The average molecular weight is 308 g/mol. The van der Waals surface area contributed by atoms with Crippen LogP contribution in [0.2, 0.25) is 0 Å². The van der Waals surface area contributed by atoms with E-state index in [9.17, 15) is 15.3 Å². The highest BCUT2D eigenvalue weighted by atomic mass is 16.6. The van der Waals surface area contributed by atoms with Crippen molar-refractivity contribution in [2.75, 3.05) is 0 Å². The number of nitro benzene ring substituents is 1. The summed E-state index contributed by atoms with van der Waals surface area (Å²) < 4.78 is 1.02. The van der Waals surface area contributed by atoms with E-state index in [1.165, 1.54) is 24.5 Å². The molecule has 7 heteroatoms. The molecule has 0 radical (unpaired) electrons. The largest absolute Gasteiger partial charge is 0.428 e. The molecule has 23 heavy (non-hydrogen) atoms. The van der Waals surface area contributed by atoms with Crippen LogP contribution in [0.25, 0.3) is 10.9 Å². The number of nitrogens with zero attached hydrogens (tertiary/aromatic N) is 4. The predicted molar refractivity (Wildman–Crippen MR) is 85.4 cm³/mol. The molecule has 3 aromatic rings. The summed E-state index contributed by atoms with van der Waals surface area (Å²) >= 11 is 0. The number of pyridine rings is 1. The molecule has 0 unspecified atom stereocenters. The van der Waals surface area contributed by atoms with Crippen molar-refractivity contribution >= 4 is 22.8 Å².